The third-order valence-corrected chi connectivity index (χ3v) is 1.88. The van der Waals surface area contributed by atoms with Crippen molar-refractivity contribution in [3.8, 4) is 0 Å². The van der Waals surface area contributed by atoms with Gasteiger partial charge in [-0.2, -0.15) is 0 Å². The summed E-state index contributed by atoms with van der Waals surface area (Å²) in [7, 11) is 1.53. The largest absolute Gasteiger partial charge is 0.367 e. The van der Waals surface area contributed by atoms with E-state index >= 15 is 0 Å². The van der Waals surface area contributed by atoms with Gasteiger partial charge in [0.2, 0.25) is 11.8 Å². The highest BCUT2D eigenvalue weighted by atomic mass is 16.5. The van der Waals surface area contributed by atoms with Crippen LogP contribution in [0.5, 0.6) is 0 Å². The molecule has 0 aromatic heterocycles. The molecule has 12 heavy (non-hydrogen) atoms. The van der Waals surface area contributed by atoms with Gasteiger partial charge in [-0.25, -0.2) is 0 Å². The minimum absolute atomic E-state index is 0.196. The lowest BCUT2D eigenvalue weighted by Crippen LogP contribution is -2.34. The highest BCUT2D eigenvalue weighted by molar-refractivity contribution is 5.83. The Hall–Kier alpha value is -1.10. The molecule has 0 bridgehead atoms. The van der Waals surface area contributed by atoms with Gasteiger partial charge in [0.25, 0.3) is 0 Å². The molecule has 2 unspecified atom stereocenters. The van der Waals surface area contributed by atoms with Crippen molar-refractivity contribution < 1.29 is 14.3 Å². The molecular formula is C7H12N2O3. The molecule has 1 saturated heterocycles. The number of amides is 2. The lowest BCUT2D eigenvalue weighted by molar-refractivity contribution is -0.137. The monoisotopic (exact) mass is 172 g/mol. The molecule has 0 aromatic carbocycles. The number of nitrogens with two attached hydrogens (primary N) is 1. The molecule has 0 spiro atoms. The first-order valence-corrected chi connectivity index (χ1v) is 3.81. The summed E-state index contributed by atoms with van der Waals surface area (Å²) in [6.07, 6.45) is 0.000509. The fraction of sp³-hybridized carbons (Fsp3) is 0.714. The Labute approximate surface area is 70.2 Å². The van der Waals surface area contributed by atoms with Gasteiger partial charge in [-0.15, -0.1) is 0 Å². The maximum absolute atomic E-state index is 11.0. The first-order chi connectivity index (χ1) is 5.65. The number of rotatable bonds is 2. The minimum atomic E-state index is -0.590. The quantitative estimate of drug-likeness (QED) is 0.547. The van der Waals surface area contributed by atoms with E-state index in [9.17, 15) is 9.59 Å². The predicted molar refractivity (Wildman–Crippen MR) is 41.2 cm³/mol. The van der Waals surface area contributed by atoms with Gasteiger partial charge < -0.3 is 15.8 Å². The summed E-state index contributed by atoms with van der Waals surface area (Å²) >= 11 is 0. The van der Waals surface area contributed by atoms with E-state index in [1.54, 1.807) is 0 Å². The van der Waals surface area contributed by atoms with Gasteiger partial charge >= 0.3 is 0 Å². The highest BCUT2D eigenvalue weighted by Gasteiger charge is 2.32. The van der Waals surface area contributed by atoms with Crippen molar-refractivity contribution in [3.63, 3.8) is 0 Å². The summed E-state index contributed by atoms with van der Waals surface area (Å²) in [4.78, 5) is 21.6. The molecule has 0 saturated carbocycles. The van der Waals surface area contributed by atoms with Crippen LogP contribution in [0.1, 0.15) is 12.8 Å². The summed E-state index contributed by atoms with van der Waals surface area (Å²) in [5.74, 6) is -0.694. The second-order valence-corrected chi connectivity index (χ2v) is 2.71. The summed E-state index contributed by atoms with van der Waals surface area (Å²) in [5, 5.41) is 2.45. The Morgan fingerprint density at radius 1 is 1.42 bits per heavy atom. The zero-order chi connectivity index (χ0) is 9.14. The molecular weight excluding hydrogens is 160 g/mol. The number of nitrogens with one attached hydrogen (secondary N) is 1. The molecule has 1 aliphatic rings. The molecule has 0 aliphatic carbocycles. The van der Waals surface area contributed by atoms with E-state index in [0.717, 1.165) is 0 Å². The Balaban J connectivity index is 2.45. The van der Waals surface area contributed by atoms with Crippen LogP contribution in [0.15, 0.2) is 0 Å². The average Bonchev–Trinajstić information content (AvgIpc) is 2.51. The molecule has 0 radical (unpaired) electrons. The molecule has 5 heteroatoms. The maximum Gasteiger partial charge on any atom is 0.248 e. The smallest absolute Gasteiger partial charge is 0.248 e. The normalized spacial score (nSPS) is 28.4. The van der Waals surface area contributed by atoms with Gasteiger partial charge in [0, 0.05) is 7.05 Å². The molecule has 68 valence electrons. The molecule has 1 heterocycles. The number of carbonyl (C=O) groups is 2. The molecule has 2 amide bonds. The molecule has 1 aliphatic heterocycles. The lowest BCUT2D eigenvalue weighted by Gasteiger charge is -2.09. The molecule has 3 N–H and O–H groups in total. The standard InChI is InChI=1S/C7H12N2O3/c1-9-7(11)5-3-2-4(12-5)6(8)10/h4-5H,2-3H2,1H3,(H2,8,10)(H,9,11). The number of hydrogen-bond acceptors (Lipinski definition) is 3. The molecule has 1 rings (SSSR count). The second-order valence-electron chi connectivity index (χ2n) is 2.71. The lowest BCUT2D eigenvalue weighted by atomic mass is 10.2. The number of likely N-dealkylation sites (N-methyl/N-ethyl adjacent to an activating group) is 1. The van der Waals surface area contributed by atoms with Crippen LogP contribution in [0.4, 0.5) is 0 Å². The van der Waals surface area contributed by atoms with Crippen LogP contribution in [-0.2, 0) is 14.3 Å². The van der Waals surface area contributed by atoms with E-state index in [0.29, 0.717) is 12.8 Å². The number of hydrogen-bond donors (Lipinski definition) is 2. The van der Waals surface area contributed by atoms with Crippen molar-refractivity contribution in [2.24, 2.45) is 5.73 Å². The van der Waals surface area contributed by atoms with Gasteiger partial charge in [-0.3, -0.25) is 9.59 Å². The van der Waals surface area contributed by atoms with Gasteiger partial charge in [0.05, 0.1) is 0 Å². The third-order valence-electron chi connectivity index (χ3n) is 1.88. The van der Waals surface area contributed by atoms with E-state index in [2.05, 4.69) is 5.32 Å². The summed E-state index contributed by atoms with van der Waals surface area (Å²) < 4.78 is 5.09. The van der Waals surface area contributed by atoms with Gasteiger partial charge in [-0.05, 0) is 12.8 Å². The van der Waals surface area contributed by atoms with E-state index in [4.69, 9.17) is 10.5 Å². The van der Waals surface area contributed by atoms with Gasteiger partial charge in [0.15, 0.2) is 0 Å². The topological polar surface area (TPSA) is 81.4 Å². The first kappa shape index (κ1) is 8.99. The van der Waals surface area contributed by atoms with Crippen LogP contribution in [0.25, 0.3) is 0 Å². The average molecular weight is 172 g/mol. The Morgan fingerprint density at radius 2 is 2.00 bits per heavy atom. The van der Waals surface area contributed by atoms with E-state index < -0.39 is 18.1 Å². The van der Waals surface area contributed by atoms with E-state index in [1.807, 2.05) is 0 Å². The van der Waals surface area contributed by atoms with E-state index in [1.165, 1.54) is 7.05 Å². The van der Waals surface area contributed by atoms with Gasteiger partial charge in [-0.1, -0.05) is 0 Å². The van der Waals surface area contributed by atoms with Crippen molar-refractivity contribution in [2.45, 2.75) is 25.0 Å². The van der Waals surface area contributed by atoms with E-state index in [-0.39, 0.29) is 5.91 Å². The first-order valence-electron chi connectivity index (χ1n) is 3.81. The van der Waals surface area contributed by atoms with Crippen molar-refractivity contribution in [1.29, 1.82) is 0 Å². The zero-order valence-electron chi connectivity index (χ0n) is 6.87. The van der Waals surface area contributed by atoms with Crippen LogP contribution < -0.4 is 11.1 Å². The number of ether oxygens (including phenoxy) is 1. The number of primary amides is 1. The molecule has 5 nitrogen and oxygen atoms in total. The SMILES string of the molecule is CNC(=O)C1CCC(C(N)=O)O1. The Morgan fingerprint density at radius 3 is 2.42 bits per heavy atom. The fourth-order valence-corrected chi connectivity index (χ4v) is 1.20. The summed E-state index contributed by atoms with van der Waals surface area (Å²) in [5.41, 5.74) is 5.01. The zero-order valence-corrected chi connectivity index (χ0v) is 6.87. The van der Waals surface area contributed by atoms with Crippen molar-refractivity contribution >= 4 is 11.8 Å². The van der Waals surface area contributed by atoms with Crippen LogP contribution in [-0.4, -0.2) is 31.1 Å². The Bertz CT molecular complexity index is 205. The highest BCUT2D eigenvalue weighted by Crippen LogP contribution is 2.19. The van der Waals surface area contributed by atoms with Crippen LogP contribution in [0, 0.1) is 0 Å². The fourth-order valence-electron chi connectivity index (χ4n) is 1.20. The molecule has 0 aromatic rings. The third kappa shape index (κ3) is 1.73. The Kier molecular flexibility index (Phi) is 2.65. The minimum Gasteiger partial charge on any atom is -0.367 e. The summed E-state index contributed by atoms with van der Waals surface area (Å²) in [6, 6.07) is 0. The van der Waals surface area contributed by atoms with Crippen LogP contribution in [0.2, 0.25) is 0 Å². The van der Waals surface area contributed by atoms with Crippen LogP contribution >= 0.6 is 0 Å². The molecule has 2 atom stereocenters. The molecule has 1 fully saturated rings. The van der Waals surface area contributed by atoms with Crippen molar-refractivity contribution in [2.75, 3.05) is 7.05 Å². The maximum atomic E-state index is 11.0. The van der Waals surface area contributed by atoms with Gasteiger partial charge in [0.1, 0.15) is 12.2 Å². The summed E-state index contributed by atoms with van der Waals surface area (Å²) in [6.45, 7) is 0. The van der Waals surface area contributed by atoms with Crippen molar-refractivity contribution in [1.82, 2.24) is 5.32 Å². The predicted octanol–water partition coefficient (Wildman–Crippen LogP) is -1.23. The van der Waals surface area contributed by atoms with Crippen molar-refractivity contribution in [3.05, 3.63) is 0 Å². The second kappa shape index (κ2) is 3.53. The number of carbonyl (C=O) groups excluding carboxylic acids is 2. The van der Waals surface area contributed by atoms with Crippen LogP contribution in [0.3, 0.4) is 0 Å².